The Morgan fingerprint density at radius 2 is 1.92 bits per heavy atom. The number of rotatable bonds is 11. The number of aromatic nitrogens is 2. The predicted octanol–water partition coefficient (Wildman–Crippen LogP) is 4.99. The molecule has 0 fully saturated rings. The molecule has 3 aromatic rings. The number of phenolic OH excluding ortho intramolecular Hbond substituents is 1. The van der Waals surface area contributed by atoms with Gasteiger partial charge in [0.1, 0.15) is 22.9 Å². The lowest BCUT2D eigenvalue weighted by Gasteiger charge is -2.12. The highest BCUT2D eigenvalue weighted by atomic mass is 16.7. The van der Waals surface area contributed by atoms with E-state index in [4.69, 9.17) is 28.8 Å². The van der Waals surface area contributed by atoms with Gasteiger partial charge in [-0.1, -0.05) is 13.3 Å². The van der Waals surface area contributed by atoms with Gasteiger partial charge in [0.05, 0.1) is 20.8 Å². The van der Waals surface area contributed by atoms with E-state index >= 15 is 0 Å². The monoisotopic (exact) mass is 508 g/mol. The van der Waals surface area contributed by atoms with Gasteiger partial charge in [-0.25, -0.2) is 4.79 Å². The summed E-state index contributed by atoms with van der Waals surface area (Å²) in [6, 6.07) is 8.62. The number of phenols is 1. The molecule has 37 heavy (non-hydrogen) atoms. The first-order valence-corrected chi connectivity index (χ1v) is 12.3. The minimum absolute atomic E-state index is 0.0323. The van der Waals surface area contributed by atoms with Crippen LogP contribution in [0.25, 0.3) is 17.3 Å². The fourth-order valence-electron chi connectivity index (χ4n) is 4.12. The van der Waals surface area contributed by atoms with Crippen molar-refractivity contribution in [3.8, 4) is 40.0 Å². The lowest BCUT2D eigenvalue weighted by Crippen LogP contribution is -2.10. The summed E-state index contributed by atoms with van der Waals surface area (Å²) in [4.78, 5) is 13.1. The molecule has 1 N–H and O–H groups in total. The zero-order valence-electron chi connectivity index (χ0n) is 21.6. The Bertz CT molecular complexity index is 1300. The SMILES string of the molecule is CCCCn1cc(/C=C(/Cc2cc3c(cc2OC)OCO3)C(=O)OCC)c(-c2ccc(OC)cc2O)n1. The Morgan fingerprint density at radius 3 is 2.59 bits per heavy atom. The first-order chi connectivity index (χ1) is 18.0. The van der Waals surface area contributed by atoms with Crippen molar-refractivity contribution in [2.45, 2.75) is 39.7 Å². The van der Waals surface area contributed by atoms with Gasteiger partial charge in [0.15, 0.2) is 11.5 Å². The van der Waals surface area contributed by atoms with Crippen molar-refractivity contribution < 1.29 is 33.6 Å². The maximum absolute atomic E-state index is 13.1. The molecule has 0 spiro atoms. The average Bonchev–Trinajstić information content (AvgIpc) is 3.52. The van der Waals surface area contributed by atoms with E-state index in [0.717, 1.165) is 18.4 Å². The van der Waals surface area contributed by atoms with Crippen molar-refractivity contribution >= 4 is 12.0 Å². The number of benzene rings is 2. The van der Waals surface area contributed by atoms with Crippen molar-refractivity contribution in [2.75, 3.05) is 27.6 Å². The van der Waals surface area contributed by atoms with Crippen molar-refractivity contribution in [3.63, 3.8) is 0 Å². The van der Waals surface area contributed by atoms with E-state index in [2.05, 4.69) is 6.92 Å². The predicted molar refractivity (Wildman–Crippen MR) is 138 cm³/mol. The third-order valence-electron chi connectivity index (χ3n) is 6.01. The molecule has 1 aliphatic rings. The number of unbranched alkanes of at least 4 members (excludes halogenated alkanes) is 1. The summed E-state index contributed by atoms with van der Waals surface area (Å²) < 4.78 is 29.0. The second-order valence-electron chi connectivity index (χ2n) is 8.52. The van der Waals surface area contributed by atoms with Crippen LogP contribution in [-0.2, 0) is 22.5 Å². The van der Waals surface area contributed by atoms with Crippen LogP contribution in [0.1, 0.15) is 37.8 Å². The smallest absolute Gasteiger partial charge is 0.334 e. The van der Waals surface area contributed by atoms with Crippen LogP contribution in [0.15, 0.2) is 42.1 Å². The van der Waals surface area contributed by atoms with Crippen molar-refractivity contribution in [3.05, 3.63) is 53.2 Å². The van der Waals surface area contributed by atoms with E-state index in [1.165, 1.54) is 13.2 Å². The van der Waals surface area contributed by atoms with Gasteiger partial charge in [-0.15, -0.1) is 0 Å². The molecule has 1 aliphatic heterocycles. The molecule has 0 atom stereocenters. The Morgan fingerprint density at radius 1 is 1.14 bits per heavy atom. The topological polar surface area (TPSA) is 101 Å². The van der Waals surface area contributed by atoms with E-state index < -0.39 is 5.97 Å². The third-order valence-corrected chi connectivity index (χ3v) is 6.01. The molecule has 1 aromatic heterocycles. The van der Waals surface area contributed by atoms with Crippen LogP contribution < -0.4 is 18.9 Å². The van der Waals surface area contributed by atoms with Crippen molar-refractivity contribution in [2.24, 2.45) is 0 Å². The number of methoxy groups -OCH3 is 2. The molecule has 9 heteroatoms. The van der Waals surface area contributed by atoms with Crippen LogP contribution in [0, 0.1) is 0 Å². The molecular weight excluding hydrogens is 476 g/mol. The maximum Gasteiger partial charge on any atom is 0.334 e. The van der Waals surface area contributed by atoms with Crippen LogP contribution in [0.2, 0.25) is 0 Å². The van der Waals surface area contributed by atoms with Gasteiger partial charge in [0.25, 0.3) is 0 Å². The number of carbonyl (C=O) groups is 1. The highest BCUT2D eigenvalue weighted by Crippen LogP contribution is 2.39. The highest BCUT2D eigenvalue weighted by molar-refractivity contribution is 5.95. The van der Waals surface area contributed by atoms with Gasteiger partial charge in [0, 0.05) is 53.6 Å². The van der Waals surface area contributed by atoms with Crippen molar-refractivity contribution in [1.82, 2.24) is 9.78 Å². The maximum atomic E-state index is 13.1. The molecule has 0 unspecified atom stereocenters. The summed E-state index contributed by atoms with van der Waals surface area (Å²) in [6.45, 7) is 4.95. The zero-order valence-corrected chi connectivity index (χ0v) is 21.6. The minimum atomic E-state index is -0.451. The quantitative estimate of drug-likeness (QED) is 0.286. The molecule has 0 aliphatic carbocycles. The standard InChI is InChI=1S/C28H32N2O7/c1-5-7-10-30-16-20(27(29-30)22-9-8-21(33-3)14-23(22)31)12-19(28(32)35-6-2)11-18-13-25-26(37-17-36-25)15-24(18)34-4/h8-9,12-16,31H,5-7,10-11,17H2,1-4H3/b19-12-. The summed E-state index contributed by atoms with van der Waals surface area (Å²) in [5, 5.41) is 15.5. The van der Waals surface area contributed by atoms with Gasteiger partial charge in [-0.05, 0) is 37.6 Å². The normalized spacial score (nSPS) is 12.5. The number of fused-ring (bicyclic) bond motifs is 1. The second kappa shape index (κ2) is 11.7. The van der Waals surface area contributed by atoms with Crippen LogP contribution in [0.3, 0.4) is 0 Å². The van der Waals surface area contributed by atoms with Crippen LogP contribution >= 0.6 is 0 Å². The summed E-state index contributed by atoms with van der Waals surface area (Å²) in [7, 11) is 3.11. The van der Waals surface area contributed by atoms with E-state index in [9.17, 15) is 9.90 Å². The number of aromatic hydroxyl groups is 1. The molecule has 2 aromatic carbocycles. The molecule has 9 nitrogen and oxygen atoms in total. The van der Waals surface area contributed by atoms with Crippen LogP contribution in [-0.4, -0.2) is 48.5 Å². The van der Waals surface area contributed by atoms with Gasteiger partial charge in [0.2, 0.25) is 6.79 Å². The first-order valence-electron chi connectivity index (χ1n) is 12.3. The molecule has 0 saturated heterocycles. The van der Waals surface area contributed by atoms with Crippen molar-refractivity contribution in [1.29, 1.82) is 0 Å². The number of carbonyl (C=O) groups excluding carboxylic acids is 1. The molecular formula is C28H32N2O7. The van der Waals surface area contributed by atoms with Crippen LogP contribution in [0.5, 0.6) is 28.7 Å². The number of aryl methyl sites for hydroxylation is 1. The Hall–Kier alpha value is -4.14. The number of nitrogens with zero attached hydrogens (tertiary/aromatic N) is 2. The fraction of sp³-hybridized carbons (Fsp3) is 0.357. The van der Waals surface area contributed by atoms with Gasteiger partial charge in [-0.3, -0.25) is 4.68 Å². The molecule has 0 radical (unpaired) electrons. The Labute approximate surface area is 216 Å². The fourth-order valence-corrected chi connectivity index (χ4v) is 4.12. The molecule has 0 amide bonds. The van der Waals surface area contributed by atoms with E-state index in [0.29, 0.717) is 51.9 Å². The summed E-state index contributed by atoms with van der Waals surface area (Å²) in [5.41, 5.74) is 2.92. The van der Waals surface area contributed by atoms with Crippen LogP contribution in [0.4, 0.5) is 0 Å². The van der Waals surface area contributed by atoms with Gasteiger partial charge >= 0.3 is 5.97 Å². The molecule has 196 valence electrons. The summed E-state index contributed by atoms with van der Waals surface area (Å²) >= 11 is 0. The number of esters is 1. The van der Waals surface area contributed by atoms with Gasteiger partial charge in [-0.2, -0.15) is 5.10 Å². The number of ether oxygens (including phenoxy) is 5. The Kier molecular flexibility index (Phi) is 8.22. The van der Waals surface area contributed by atoms with E-state index in [-0.39, 0.29) is 25.6 Å². The van der Waals surface area contributed by atoms with E-state index in [1.807, 2.05) is 16.9 Å². The molecule has 2 heterocycles. The largest absolute Gasteiger partial charge is 0.507 e. The summed E-state index contributed by atoms with van der Waals surface area (Å²) in [6.07, 6.45) is 5.82. The average molecular weight is 509 g/mol. The third kappa shape index (κ3) is 5.82. The second-order valence-corrected chi connectivity index (χ2v) is 8.52. The lowest BCUT2D eigenvalue weighted by molar-refractivity contribution is -0.138. The highest BCUT2D eigenvalue weighted by Gasteiger charge is 2.22. The van der Waals surface area contributed by atoms with Gasteiger partial charge < -0.3 is 28.8 Å². The van der Waals surface area contributed by atoms with E-state index in [1.54, 1.807) is 38.3 Å². The summed E-state index contributed by atoms with van der Waals surface area (Å²) in [5.74, 6) is 1.88. The molecule has 0 saturated carbocycles. The number of hydrogen-bond acceptors (Lipinski definition) is 8. The Balaban J connectivity index is 1.80. The first kappa shape index (κ1) is 25.9. The lowest BCUT2D eigenvalue weighted by atomic mass is 9.99. The molecule has 0 bridgehead atoms. The molecule has 4 rings (SSSR count). The number of hydrogen-bond donors (Lipinski definition) is 1. The minimum Gasteiger partial charge on any atom is -0.507 e. The zero-order chi connectivity index (χ0) is 26.4.